The zero-order chi connectivity index (χ0) is 22.1. The largest absolute Gasteiger partial charge is 0.439 e. The summed E-state index contributed by atoms with van der Waals surface area (Å²) in [5, 5.41) is 14.6. The van der Waals surface area contributed by atoms with E-state index in [1.54, 1.807) is 24.3 Å². The van der Waals surface area contributed by atoms with Crippen LogP contribution in [-0.2, 0) is 11.8 Å². The number of nitrogens with zero attached hydrogens (tertiary/aromatic N) is 3. The summed E-state index contributed by atoms with van der Waals surface area (Å²) in [7, 11) is 0. The van der Waals surface area contributed by atoms with E-state index in [0.29, 0.717) is 17.2 Å². The van der Waals surface area contributed by atoms with Crippen molar-refractivity contribution in [2.45, 2.75) is 18.7 Å². The maximum atomic E-state index is 13.0. The van der Waals surface area contributed by atoms with Crippen LogP contribution < -0.4 is 4.74 Å². The number of pyridine rings is 1. The molecule has 1 atom stereocenters. The molecule has 0 fully saturated rings. The molecule has 0 aliphatic carbocycles. The summed E-state index contributed by atoms with van der Waals surface area (Å²) in [4.78, 5) is 8.33. The molecule has 1 N–H and O–H groups in total. The number of aliphatic hydroxyl groups is 1. The first-order chi connectivity index (χ1) is 14.7. The van der Waals surface area contributed by atoms with Crippen molar-refractivity contribution in [3.8, 4) is 23.0 Å². The van der Waals surface area contributed by atoms with Gasteiger partial charge in [0.15, 0.2) is 5.60 Å². The molecule has 9 heteroatoms. The van der Waals surface area contributed by atoms with E-state index in [2.05, 4.69) is 15.1 Å². The van der Waals surface area contributed by atoms with Gasteiger partial charge in [0.2, 0.25) is 11.7 Å². The van der Waals surface area contributed by atoms with Gasteiger partial charge in [-0.05, 0) is 42.8 Å². The number of alkyl halides is 3. The number of rotatable bonds is 5. The minimum atomic E-state index is -4.54. The van der Waals surface area contributed by atoms with Gasteiger partial charge in [-0.15, -0.1) is 0 Å². The predicted molar refractivity (Wildman–Crippen MR) is 104 cm³/mol. The number of aromatic nitrogens is 3. The molecule has 0 spiro atoms. The summed E-state index contributed by atoms with van der Waals surface area (Å²) < 4.78 is 49.8. The van der Waals surface area contributed by atoms with Gasteiger partial charge in [-0.2, -0.15) is 18.2 Å². The van der Waals surface area contributed by atoms with E-state index in [-0.39, 0.29) is 17.3 Å². The molecular weight excluding hydrogens is 411 g/mol. The lowest BCUT2D eigenvalue weighted by Crippen LogP contribution is -2.24. The molecule has 0 aliphatic heterocycles. The van der Waals surface area contributed by atoms with Crippen molar-refractivity contribution in [2.24, 2.45) is 0 Å². The summed E-state index contributed by atoms with van der Waals surface area (Å²) in [5.41, 5.74) is -2.35. The molecule has 4 rings (SSSR count). The number of ether oxygens (including phenoxy) is 1. The highest BCUT2D eigenvalue weighted by molar-refractivity contribution is 5.53. The number of benzene rings is 2. The van der Waals surface area contributed by atoms with Gasteiger partial charge in [-0.3, -0.25) is 0 Å². The highest BCUT2D eigenvalue weighted by Crippen LogP contribution is 2.35. The van der Waals surface area contributed by atoms with Crippen LogP contribution in [0.1, 0.15) is 23.9 Å². The fourth-order valence-electron chi connectivity index (χ4n) is 2.84. The standard InChI is InChI=1S/C22H16F3N3O3/c1-21(29,15-6-5-7-16(12-15)22(23,24)25)20-27-19(28-31-20)14-10-11-18(26-13-14)30-17-8-3-2-4-9-17/h2-13,29H,1H3/t21-/m1/s1. The van der Waals surface area contributed by atoms with Crippen molar-refractivity contribution in [3.05, 3.63) is 89.9 Å². The summed E-state index contributed by atoms with van der Waals surface area (Å²) >= 11 is 0. The third-order valence-electron chi connectivity index (χ3n) is 4.55. The Labute approximate surface area is 175 Å². The van der Waals surface area contributed by atoms with Crippen LogP contribution in [0.2, 0.25) is 0 Å². The van der Waals surface area contributed by atoms with Gasteiger partial charge in [-0.1, -0.05) is 35.5 Å². The van der Waals surface area contributed by atoms with Gasteiger partial charge in [-0.25, -0.2) is 4.98 Å². The van der Waals surface area contributed by atoms with Crippen LogP contribution in [0.5, 0.6) is 11.6 Å². The van der Waals surface area contributed by atoms with E-state index in [1.165, 1.54) is 25.3 Å². The van der Waals surface area contributed by atoms with Crippen molar-refractivity contribution < 1.29 is 27.5 Å². The van der Waals surface area contributed by atoms with E-state index >= 15 is 0 Å². The van der Waals surface area contributed by atoms with E-state index in [9.17, 15) is 18.3 Å². The molecule has 0 unspecified atom stereocenters. The number of halogens is 3. The highest BCUT2D eigenvalue weighted by atomic mass is 19.4. The summed E-state index contributed by atoms with van der Waals surface area (Å²) in [5.74, 6) is 0.865. The van der Waals surface area contributed by atoms with Gasteiger partial charge in [0.1, 0.15) is 5.75 Å². The molecule has 0 aliphatic rings. The third-order valence-corrected chi connectivity index (χ3v) is 4.55. The Kier molecular flexibility index (Phi) is 5.20. The van der Waals surface area contributed by atoms with Gasteiger partial charge >= 0.3 is 6.18 Å². The second-order valence-electron chi connectivity index (χ2n) is 6.87. The molecule has 6 nitrogen and oxygen atoms in total. The van der Waals surface area contributed by atoms with Crippen LogP contribution >= 0.6 is 0 Å². The normalized spacial score (nSPS) is 13.6. The lowest BCUT2D eigenvalue weighted by molar-refractivity contribution is -0.137. The fourth-order valence-corrected chi connectivity index (χ4v) is 2.84. The molecule has 0 bridgehead atoms. The number of hydrogen-bond donors (Lipinski definition) is 1. The van der Waals surface area contributed by atoms with Crippen molar-refractivity contribution in [1.29, 1.82) is 0 Å². The average molecular weight is 427 g/mol. The van der Waals surface area contributed by atoms with Gasteiger partial charge in [0, 0.05) is 17.8 Å². The topological polar surface area (TPSA) is 81.3 Å². The molecule has 4 aromatic rings. The first kappa shape index (κ1) is 20.5. The first-order valence-electron chi connectivity index (χ1n) is 9.17. The average Bonchev–Trinajstić information content (AvgIpc) is 3.26. The monoisotopic (exact) mass is 427 g/mol. The van der Waals surface area contributed by atoms with E-state index in [0.717, 1.165) is 12.1 Å². The van der Waals surface area contributed by atoms with Gasteiger partial charge < -0.3 is 14.4 Å². The molecule has 0 saturated carbocycles. The van der Waals surface area contributed by atoms with Crippen molar-refractivity contribution in [2.75, 3.05) is 0 Å². The lowest BCUT2D eigenvalue weighted by atomic mass is 9.94. The maximum Gasteiger partial charge on any atom is 0.416 e. The summed E-state index contributed by atoms with van der Waals surface area (Å²) in [6.45, 7) is 1.29. The second kappa shape index (κ2) is 7.84. The predicted octanol–water partition coefficient (Wildman–Crippen LogP) is 5.20. The van der Waals surface area contributed by atoms with Crippen LogP contribution in [0.25, 0.3) is 11.4 Å². The first-order valence-corrected chi connectivity index (χ1v) is 9.17. The molecule has 158 valence electrons. The van der Waals surface area contributed by atoms with Crippen LogP contribution in [0.3, 0.4) is 0 Å². The molecule has 0 saturated heterocycles. The Balaban J connectivity index is 1.56. The van der Waals surface area contributed by atoms with Crippen LogP contribution in [-0.4, -0.2) is 20.2 Å². The van der Waals surface area contributed by atoms with Gasteiger partial charge in [0.05, 0.1) is 5.56 Å². The van der Waals surface area contributed by atoms with Gasteiger partial charge in [0.25, 0.3) is 5.89 Å². The number of para-hydroxylation sites is 1. The molecule has 0 amide bonds. The minimum absolute atomic E-state index is 0.0257. The van der Waals surface area contributed by atoms with Crippen molar-refractivity contribution in [3.63, 3.8) is 0 Å². The summed E-state index contributed by atoms with van der Waals surface area (Å²) in [6.07, 6.45) is -3.08. The number of hydrogen-bond acceptors (Lipinski definition) is 6. The molecule has 2 aromatic carbocycles. The SMILES string of the molecule is C[C@@](O)(c1cccc(C(F)(F)F)c1)c1nc(-c2ccc(Oc3ccccc3)nc2)no1. The Morgan fingerprint density at radius 1 is 0.935 bits per heavy atom. The Morgan fingerprint density at radius 3 is 2.35 bits per heavy atom. The third kappa shape index (κ3) is 4.41. The maximum absolute atomic E-state index is 13.0. The molecule has 31 heavy (non-hydrogen) atoms. The fraction of sp³-hybridized carbons (Fsp3) is 0.136. The smallest absolute Gasteiger partial charge is 0.416 e. The Bertz CT molecular complexity index is 1170. The van der Waals surface area contributed by atoms with E-state index in [1.807, 2.05) is 18.2 Å². The van der Waals surface area contributed by atoms with Crippen LogP contribution in [0.15, 0.2) is 77.4 Å². The summed E-state index contributed by atoms with van der Waals surface area (Å²) in [6, 6.07) is 16.7. The molecule has 2 heterocycles. The Morgan fingerprint density at radius 2 is 1.68 bits per heavy atom. The van der Waals surface area contributed by atoms with E-state index in [4.69, 9.17) is 9.26 Å². The minimum Gasteiger partial charge on any atom is -0.439 e. The van der Waals surface area contributed by atoms with Crippen molar-refractivity contribution >= 4 is 0 Å². The molecular formula is C22H16F3N3O3. The molecule has 0 radical (unpaired) electrons. The lowest BCUT2D eigenvalue weighted by Gasteiger charge is -2.20. The highest BCUT2D eigenvalue weighted by Gasteiger charge is 2.36. The second-order valence-corrected chi connectivity index (χ2v) is 6.87. The molecule has 2 aromatic heterocycles. The zero-order valence-corrected chi connectivity index (χ0v) is 16.2. The quantitative estimate of drug-likeness (QED) is 0.472. The zero-order valence-electron chi connectivity index (χ0n) is 16.2. The van der Waals surface area contributed by atoms with Crippen LogP contribution in [0.4, 0.5) is 13.2 Å². The van der Waals surface area contributed by atoms with E-state index < -0.39 is 17.3 Å². The van der Waals surface area contributed by atoms with Crippen molar-refractivity contribution in [1.82, 2.24) is 15.1 Å². The van der Waals surface area contributed by atoms with Crippen LogP contribution in [0, 0.1) is 0 Å². The Hall–Kier alpha value is -3.72.